The lowest BCUT2D eigenvalue weighted by molar-refractivity contribution is 0.0727. The Hall–Kier alpha value is -4.22. The number of hydrogen-bond acceptors (Lipinski definition) is 3. The van der Waals surface area contributed by atoms with Gasteiger partial charge in [0.1, 0.15) is 11.8 Å². The maximum absolute atomic E-state index is 14.0. The second-order valence-corrected chi connectivity index (χ2v) is 10.9. The molecule has 0 saturated carbocycles. The minimum Gasteiger partial charge on any atom is -0.508 e. The smallest absolute Gasteiger partial charge is 0.255 e. The molecule has 1 amide bonds. The summed E-state index contributed by atoms with van der Waals surface area (Å²) in [6.07, 6.45) is 2.50. The number of benzene rings is 4. The van der Waals surface area contributed by atoms with Crippen LogP contribution in [0.2, 0.25) is 5.02 Å². The number of nitrogens with one attached hydrogen (secondary N) is 1. The Bertz CT molecular complexity index is 1670. The number of fused-ring (bicyclic) bond motifs is 2. The van der Waals surface area contributed by atoms with Crippen molar-refractivity contribution in [2.45, 2.75) is 25.4 Å². The average molecular weight is 534 g/mol. The van der Waals surface area contributed by atoms with Crippen molar-refractivity contribution >= 4 is 34.1 Å². The number of aromatic hydroxyl groups is 1. The minimum absolute atomic E-state index is 0.0661. The van der Waals surface area contributed by atoms with Gasteiger partial charge in [0.05, 0.1) is 0 Å². The van der Waals surface area contributed by atoms with Gasteiger partial charge in [-0.15, -0.1) is 0 Å². The molecule has 2 N–H and O–H groups in total. The number of hydrogen-bond donors (Lipinski definition) is 2. The number of phenols is 1. The molecule has 0 radical (unpaired) electrons. The molecule has 39 heavy (non-hydrogen) atoms. The van der Waals surface area contributed by atoms with Crippen LogP contribution in [0.25, 0.3) is 22.0 Å². The third kappa shape index (κ3) is 4.23. The van der Waals surface area contributed by atoms with Crippen LogP contribution in [-0.4, -0.2) is 34.0 Å². The number of carbonyl (C=O) groups excluding carboxylic acids is 1. The summed E-state index contributed by atoms with van der Waals surface area (Å²) < 4.78 is 0. The number of H-pyrrole nitrogens is 1. The summed E-state index contributed by atoms with van der Waals surface area (Å²) in [5.74, 6) is 0.0363. The van der Waals surface area contributed by atoms with Crippen molar-refractivity contribution in [3.63, 3.8) is 0 Å². The maximum Gasteiger partial charge on any atom is 0.255 e. The number of phenolic OH excluding ortho intramolecular Hbond substituents is 1. The molecule has 0 bridgehead atoms. The molecule has 5 aromatic rings. The highest BCUT2D eigenvalue weighted by molar-refractivity contribution is 6.30. The van der Waals surface area contributed by atoms with Crippen LogP contribution in [0.3, 0.4) is 0 Å². The standard InChI is InChI=1S/C33H28ClN3O2/c34-25-11-14-31(38)28(19-25)32(30-18-23-5-1-2-6-29(23)35-30)37-20-24-8-7-22(17-27(24)33(37)39)21-9-12-26(13-10-21)36-15-3-4-16-36/h1-2,5-14,17-19,32,35,38H,3-4,15-16,20H2. The fraction of sp³-hybridized carbons (Fsp3) is 0.182. The summed E-state index contributed by atoms with van der Waals surface area (Å²) in [4.78, 5) is 21.7. The van der Waals surface area contributed by atoms with E-state index in [0.717, 1.165) is 46.4 Å². The Morgan fingerprint density at radius 1 is 0.846 bits per heavy atom. The van der Waals surface area contributed by atoms with E-state index in [2.05, 4.69) is 46.3 Å². The molecular formula is C33H28ClN3O2. The van der Waals surface area contributed by atoms with E-state index in [1.165, 1.54) is 18.5 Å². The number of aromatic amines is 1. The molecule has 5 nitrogen and oxygen atoms in total. The third-order valence-corrected chi connectivity index (χ3v) is 8.29. The van der Waals surface area contributed by atoms with Crippen LogP contribution in [0.5, 0.6) is 5.75 Å². The van der Waals surface area contributed by atoms with Crippen LogP contribution in [0.15, 0.2) is 91.0 Å². The van der Waals surface area contributed by atoms with E-state index in [4.69, 9.17) is 11.6 Å². The van der Waals surface area contributed by atoms with Gasteiger partial charge in [-0.05, 0) is 83.4 Å². The Balaban J connectivity index is 1.25. The van der Waals surface area contributed by atoms with Gasteiger partial charge in [-0.25, -0.2) is 0 Å². The second-order valence-electron chi connectivity index (χ2n) is 10.5. The SMILES string of the molecule is O=C1c2cc(-c3ccc(N4CCCC4)cc3)ccc2CN1C(c1cc2ccccc2[nH]1)c1cc(Cl)ccc1O. The molecule has 1 unspecified atom stereocenters. The molecule has 194 valence electrons. The lowest BCUT2D eigenvalue weighted by Crippen LogP contribution is -2.30. The molecule has 0 spiro atoms. The van der Waals surface area contributed by atoms with Crippen LogP contribution in [0, 0.1) is 0 Å². The number of rotatable bonds is 5. The Morgan fingerprint density at radius 3 is 2.41 bits per heavy atom. The van der Waals surface area contributed by atoms with Crippen molar-refractivity contribution in [3.05, 3.63) is 118 Å². The van der Waals surface area contributed by atoms with Gasteiger partial charge in [0.15, 0.2) is 0 Å². The first kappa shape index (κ1) is 23.9. The van der Waals surface area contributed by atoms with E-state index in [1.807, 2.05) is 41.3 Å². The normalized spacial score (nSPS) is 15.8. The van der Waals surface area contributed by atoms with E-state index < -0.39 is 6.04 Å². The van der Waals surface area contributed by atoms with Crippen molar-refractivity contribution in [3.8, 4) is 16.9 Å². The molecule has 3 heterocycles. The quantitative estimate of drug-likeness (QED) is 0.245. The van der Waals surface area contributed by atoms with E-state index in [-0.39, 0.29) is 11.7 Å². The van der Waals surface area contributed by atoms with Gasteiger partial charge in [0.25, 0.3) is 5.91 Å². The van der Waals surface area contributed by atoms with Gasteiger partial charge in [-0.3, -0.25) is 4.79 Å². The third-order valence-electron chi connectivity index (χ3n) is 8.05. The van der Waals surface area contributed by atoms with Gasteiger partial charge >= 0.3 is 0 Å². The zero-order valence-corrected chi connectivity index (χ0v) is 22.2. The van der Waals surface area contributed by atoms with Crippen LogP contribution in [0.4, 0.5) is 5.69 Å². The van der Waals surface area contributed by atoms with Crippen molar-refractivity contribution in [1.82, 2.24) is 9.88 Å². The second kappa shape index (κ2) is 9.51. The molecule has 1 fully saturated rings. The van der Waals surface area contributed by atoms with Gasteiger partial charge < -0.3 is 19.9 Å². The maximum atomic E-state index is 14.0. The zero-order valence-electron chi connectivity index (χ0n) is 21.4. The van der Waals surface area contributed by atoms with Crippen LogP contribution < -0.4 is 4.90 Å². The first-order chi connectivity index (χ1) is 19.0. The van der Waals surface area contributed by atoms with Crippen molar-refractivity contribution in [2.24, 2.45) is 0 Å². The van der Waals surface area contributed by atoms with E-state index in [1.54, 1.807) is 18.2 Å². The lowest BCUT2D eigenvalue weighted by atomic mass is 10.00. The predicted molar refractivity (Wildman–Crippen MR) is 156 cm³/mol. The number of carbonyl (C=O) groups is 1. The van der Waals surface area contributed by atoms with Crippen molar-refractivity contribution < 1.29 is 9.90 Å². The van der Waals surface area contributed by atoms with Gasteiger partial charge in [-0.2, -0.15) is 0 Å². The molecule has 1 atom stereocenters. The molecule has 6 heteroatoms. The molecule has 4 aromatic carbocycles. The molecule has 0 aliphatic carbocycles. The van der Waals surface area contributed by atoms with Crippen LogP contribution in [0.1, 0.15) is 46.1 Å². The summed E-state index contributed by atoms with van der Waals surface area (Å²) in [5, 5.41) is 12.4. The fourth-order valence-corrected chi connectivity index (χ4v) is 6.22. The monoisotopic (exact) mass is 533 g/mol. The summed E-state index contributed by atoms with van der Waals surface area (Å²) >= 11 is 6.37. The van der Waals surface area contributed by atoms with Gasteiger partial charge in [0, 0.05) is 52.7 Å². The van der Waals surface area contributed by atoms with E-state index in [9.17, 15) is 9.90 Å². The van der Waals surface area contributed by atoms with Crippen LogP contribution in [-0.2, 0) is 6.54 Å². The number of para-hydroxylation sites is 1. The topological polar surface area (TPSA) is 59.6 Å². The van der Waals surface area contributed by atoms with Gasteiger partial charge in [0.2, 0.25) is 0 Å². The van der Waals surface area contributed by atoms with Gasteiger partial charge in [-0.1, -0.05) is 54.1 Å². The number of amides is 1. The molecular weight excluding hydrogens is 506 g/mol. The summed E-state index contributed by atoms with van der Waals surface area (Å²) in [6.45, 7) is 2.67. The Labute approximate surface area is 232 Å². The number of halogens is 1. The number of anilines is 1. The molecule has 1 aromatic heterocycles. The highest BCUT2D eigenvalue weighted by Crippen LogP contribution is 2.41. The van der Waals surface area contributed by atoms with Crippen LogP contribution >= 0.6 is 11.6 Å². The average Bonchev–Trinajstić information content (AvgIpc) is 3.71. The fourth-order valence-electron chi connectivity index (χ4n) is 6.04. The van der Waals surface area contributed by atoms with E-state index >= 15 is 0 Å². The van der Waals surface area contributed by atoms with Crippen molar-refractivity contribution in [2.75, 3.05) is 18.0 Å². The van der Waals surface area contributed by atoms with Crippen molar-refractivity contribution in [1.29, 1.82) is 0 Å². The molecule has 1 saturated heterocycles. The first-order valence-corrected chi connectivity index (χ1v) is 13.8. The zero-order chi connectivity index (χ0) is 26.5. The molecule has 2 aliphatic heterocycles. The minimum atomic E-state index is -0.529. The highest BCUT2D eigenvalue weighted by atomic mass is 35.5. The number of nitrogens with zero attached hydrogens (tertiary/aromatic N) is 2. The highest BCUT2D eigenvalue weighted by Gasteiger charge is 2.36. The molecule has 2 aliphatic rings. The largest absolute Gasteiger partial charge is 0.508 e. The Kier molecular flexibility index (Phi) is 5.82. The summed E-state index contributed by atoms with van der Waals surface area (Å²) in [6, 6.07) is 29.3. The molecule has 7 rings (SSSR count). The first-order valence-electron chi connectivity index (χ1n) is 13.4. The van der Waals surface area contributed by atoms with E-state index in [0.29, 0.717) is 22.7 Å². The summed E-state index contributed by atoms with van der Waals surface area (Å²) in [7, 11) is 0. The predicted octanol–water partition coefficient (Wildman–Crippen LogP) is 7.54. The number of aromatic nitrogens is 1. The summed E-state index contributed by atoms with van der Waals surface area (Å²) in [5.41, 5.74) is 7.42. The lowest BCUT2D eigenvalue weighted by Gasteiger charge is -2.28. The Morgan fingerprint density at radius 2 is 1.62 bits per heavy atom.